The van der Waals surface area contributed by atoms with Crippen molar-refractivity contribution in [3.05, 3.63) is 0 Å². The highest BCUT2D eigenvalue weighted by Gasteiger charge is 2.27. The Morgan fingerprint density at radius 1 is 0.941 bits per heavy atom. The predicted octanol–water partition coefficient (Wildman–Crippen LogP) is 2.96. The molecule has 0 aromatic heterocycles. The Morgan fingerprint density at radius 2 is 1.47 bits per heavy atom. The van der Waals surface area contributed by atoms with Crippen molar-refractivity contribution in [3.8, 4) is 0 Å². The number of urea groups is 1. The molecule has 2 saturated heterocycles. The second kappa shape index (κ2) is 5.74. The normalized spacial score (nSPS) is 23.2. The van der Waals surface area contributed by atoms with Crippen molar-refractivity contribution in [2.45, 2.75) is 46.0 Å². The standard InChI is InChI=1S/C14H26N2O/c1-12(2)13-6-10-16(11-7-13)14(17)15-8-4-3-5-9-15/h12-13H,3-11H2,1-2H3. The van der Waals surface area contributed by atoms with Gasteiger partial charge < -0.3 is 9.80 Å². The molecule has 0 atom stereocenters. The van der Waals surface area contributed by atoms with Gasteiger partial charge >= 0.3 is 6.03 Å². The maximum Gasteiger partial charge on any atom is 0.319 e. The minimum absolute atomic E-state index is 0.298. The molecule has 0 unspecified atom stereocenters. The average Bonchev–Trinajstić information content (AvgIpc) is 2.39. The van der Waals surface area contributed by atoms with Gasteiger partial charge in [0.2, 0.25) is 0 Å². The first-order valence-corrected chi connectivity index (χ1v) is 7.22. The summed E-state index contributed by atoms with van der Waals surface area (Å²) < 4.78 is 0. The highest BCUT2D eigenvalue weighted by Crippen LogP contribution is 2.25. The lowest BCUT2D eigenvalue weighted by molar-refractivity contribution is 0.117. The monoisotopic (exact) mass is 238 g/mol. The minimum Gasteiger partial charge on any atom is -0.325 e. The predicted molar refractivity (Wildman–Crippen MR) is 70.0 cm³/mol. The molecule has 0 spiro atoms. The maximum atomic E-state index is 12.3. The fourth-order valence-electron chi connectivity index (χ4n) is 3.04. The molecule has 0 aromatic rings. The molecule has 2 fully saturated rings. The zero-order valence-corrected chi connectivity index (χ0v) is 11.3. The van der Waals surface area contributed by atoms with Crippen molar-refractivity contribution in [2.75, 3.05) is 26.2 Å². The van der Waals surface area contributed by atoms with Crippen LogP contribution in [0.2, 0.25) is 0 Å². The molecule has 0 N–H and O–H groups in total. The topological polar surface area (TPSA) is 23.6 Å². The molecule has 0 aliphatic carbocycles. The number of hydrogen-bond acceptors (Lipinski definition) is 1. The molecule has 2 heterocycles. The maximum absolute atomic E-state index is 12.3. The summed E-state index contributed by atoms with van der Waals surface area (Å²) >= 11 is 0. The van der Waals surface area contributed by atoms with Crippen molar-refractivity contribution in [2.24, 2.45) is 11.8 Å². The molecule has 2 aliphatic rings. The largest absolute Gasteiger partial charge is 0.325 e. The van der Waals surface area contributed by atoms with E-state index in [0.717, 1.165) is 38.0 Å². The molecule has 2 aliphatic heterocycles. The third-order valence-electron chi connectivity index (χ3n) is 4.38. The quantitative estimate of drug-likeness (QED) is 0.689. The SMILES string of the molecule is CC(C)C1CCN(C(=O)N2CCCCC2)CC1. The first-order valence-electron chi connectivity index (χ1n) is 7.22. The lowest BCUT2D eigenvalue weighted by atomic mass is 9.87. The molecule has 3 nitrogen and oxygen atoms in total. The Labute approximate surface area is 105 Å². The third-order valence-corrected chi connectivity index (χ3v) is 4.38. The Hall–Kier alpha value is -0.730. The number of rotatable bonds is 1. The van der Waals surface area contributed by atoms with Gasteiger partial charge in [0.05, 0.1) is 0 Å². The van der Waals surface area contributed by atoms with Crippen LogP contribution in [0.25, 0.3) is 0 Å². The van der Waals surface area contributed by atoms with Crippen LogP contribution in [-0.4, -0.2) is 42.0 Å². The molecule has 2 amide bonds. The Morgan fingerprint density at radius 3 is 2.00 bits per heavy atom. The van der Waals surface area contributed by atoms with E-state index in [-0.39, 0.29) is 0 Å². The number of hydrogen-bond donors (Lipinski definition) is 0. The van der Waals surface area contributed by atoms with Crippen molar-refractivity contribution in [3.63, 3.8) is 0 Å². The van der Waals surface area contributed by atoms with Crippen LogP contribution < -0.4 is 0 Å². The number of nitrogens with zero attached hydrogens (tertiary/aromatic N) is 2. The summed E-state index contributed by atoms with van der Waals surface area (Å²) in [5.41, 5.74) is 0. The summed E-state index contributed by atoms with van der Waals surface area (Å²) in [6.45, 7) is 8.49. The molecular formula is C14H26N2O. The second-order valence-corrected chi connectivity index (χ2v) is 5.90. The van der Waals surface area contributed by atoms with E-state index >= 15 is 0 Å². The fraction of sp³-hybridized carbons (Fsp3) is 0.929. The Kier molecular flexibility index (Phi) is 4.30. The van der Waals surface area contributed by atoms with Crippen molar-refractivity contribution >= 4 is 6.03 Å². The number of amides is 2. The molecular weight excluding hydrogens is 212 g/mol. The van der Waals surface area contributed by atoms with Crippen LogP contribution in [0.4, 0.5) is 4.79 Å². The summed E-state index contributed by atoms with van der Waals surface area (Å²) in [6.07, 6.45) is 6.05. The van der Waals surface area contributed by atoms with Crippen molar-refractivity contribution in [1.29, 1.82) is 0 Å². The Balaban J connectivity index is 1.81. The van der Waals surface area contributed by atoms with Crippen LogP contribution in [0.3, 0.4) is 0 Å². The van der Waals surface area contributed by atoms with Crippen molar-refractivity contribution in [1.82, 2.24) is 9.80 Å². The lowest BCUT2D eigenvalue weighted by Gasteiger charge is -2.38. The van der Waals surface area contributed by atoms with E-state index in [1.165, 1.54) is 32.1 Å². The summed E-state index contributed by atoms with van der Waals surface area (Å²) in [4.78, 5) is 16.4. The molecule has 3 heteroatoms. The molecule has 0 saturated carbocycles. The summed E-state index contributed by atoms with van der Waals surface area (Å²) in [5.74, 6) is 1.59. The van der Waals surface area contributed by atoms with Gasteiger partial charge in [-0.15, -0.1) is 0 Å². The van der Waals surface area contributed by atoms with Gasteiger partial charge in [-0.2, -0.15) is 0 Å². The van der Waals surface area contributed by atoms with Crippen LogP contribution in [0.1, 0.15) is 46.0 Å². The van der Waals surface area contributed by atoms with Gasteiger partial charge in [0.25, 0.3) is 0 Å². The van der Waals surface area contributed by atoms with Gasteiger partial charge in [-0.1, -0.05) is 13.8 Å². The molecule has 0 bridgehead atoms. The summed E-state index contributed by atoms with van der Waals surface area (Å²) in [5, 5.41) is 0. The molecule has 17 heavy (non-hydrogen) atoms. The number of carbonyl (C=O) groups is 1. The van der Waals surface area contributed by atoms with Gasteiger partial charge in [-0.25, -0.2) is 4.79 Å². The van der Waals surface area contributed by atoms with E-state index in [0.29, 0.717) is 6.03 Å². The third kappa shape index (κ3) is 3.14. The van der Waals surface area contributed by atoms with Crippen LogP contribution in [0, 0.1) is 11.8 Å². The van der Waals surface area contributed by atoms with Gasteiger partial charge in [0.1, 0.15) is 0 Å². The fourth-order valence-corrected chi connectivity index (χ4v) is 3.04. The minimum atomic E-state index is 0.298. The van der Waals surface area contributed by atoms with E-state index in [4.69, 9.17) is 0 Å². The smallest absolute Gasteiger partial charge is 0.319 e. The summed E-state index contributed by atoms with van der Waals surface area (Å²) in [7, 11) is 0. The number of piperidine rings is 2. The highest BCUT2D eigenvalue weighted by atomic mass is 16.2. The van der Waals surface area contributed by atoms with Crippen LogP contribution in [0.5, 0.6) is 0 Å². The number of carbonyl (C=O) groups excluding carboxylic acids is 1. The van der Waals surface area contributed by atoms with Crippen LogP contribution in [0.15, 0.2) is 0 Å². The first kappa shape index (κ1) is 12.7. The first-order chi connectivity index (χ1) is 8.18. The Bertz CT molecular complexity index is 251. The van der Waals surface area contributed by atoms with E-state index < -0.39 is 0 Å². The molecule has 98 valence electrons. The molecule has 0 aromatic carbocycles. The number of likely N-dealkylation sites (tertiary alicyclic amines) is 2. The zero-order valence-electron chi connectivity index (χ0n) is 11.3. The van der Waals surface area contributed by atoms with Gasteiger partial charge in [0, 0.05) is 26.2 Å². The van der Waals surface area contributed by atoms with Gasteiger partial charge in [-0.05, 0) is 43.9 Å². The van der Waals surface area contributed by atoms with Crippen LogP contribution >= 0.6 is 0 Å². The molecule has 2 rings (SSSR count). The van der Waals surface area contributed by atoms with E-state index in [1.54, 1.807) is 0 Å². The molecule has 0 radical (unpaired) electrons. The zero-order chi connectivity index (χ0) is 12.3. The van der Waals surface area contributed by atoms with Crippen LogP contribution in [-0.2, 0) is 0 Å². The van der Waals surface area contributed by atoms with E-state index in [2.05, 4.69) is 23.6 Å². The average molecular weight is 238 g/mol. The summed E-state index contributed by atoms with van der Waals surface area (Å²) in [6, 6.07) is 0.298. The highest BCUT2D eigenvalue weighted by molar-refractivity contribution is 5.74. The van der Waals surface area contributed by atoms with Gasteiger partial charge in [0.15, 0.2) is 0 Å². The van der Waals surface area contributed by atoms with E-state index in [9.17, 15) is 4.79 Å². The van der Waals surface area contributed by atoms with Gasteiger partial charge in [-0.3, -0.25) is 0 Å². The van der Waals surface area contributed by atoms with E-state index in [1.807, 2.05) is 0 Å². The second-order valence-electron chi connectivity index (χ2n) is 5.90. The lowest BCUT2D eigenvalue weighted by Crippen LogP contribution is -2.48. The van der Waals surface area contributed by atoms with Crippen molar-refractivity contribution < 1.29 is 4.79 Å².